The fraction of sp³-hybridized carbons (Fsp3) is 0.188. The first-order valence-corrected chi connectivity index (χ1v) is 7.51. The molecule has 0 aliphatic heterocycles. The molecule has 0 spiro atoms. The maximum absolute atomic E-state index is 14.3. The predicted octanol–water partition coefficient (Wildman–Crippen LogP) is 3.64. The summed E-state index contributed by atoms with van der Waals surface area (Å²) in [4.78, 5) is 12.1. The second kappa shape index (κ2) is 8.94. The number of aromatic nitrogens is 1. The van der Waals surface area contributed by atoms with E-state index in [1.165, 1.54) is 10.6 Å². The summed E-state index contributed by atoms with van der Waals surface area (Å²) >= 11 is 1.95. The van der Waals surface area contributed by atoms with Crippen molar-refractivity contribution in [1.82, 2.24) is 4.57 Å². The zero-order chi connectivity index (χ0) is 15.4. The molecule has 113 valence electrons. The summed E-state index contributed by atoms with van der Waals surface area (Å²) in [6.45, 7) is 6.15. The quantitative estimate of drug-likeness (QED) is 0.367. The summed E-state index contributed by atoms with van der Waals surface area (Å²) in [5.74, 6) is -0.0253. The number of ether oxygens (including phenoxy) is 1. The van der Waals surface area contributed by atoms with E-state index in [1.807, 2.05) is 29.5 Å². The number of halogens is 2. The zero-order valence-electron chi connectivity index (χ0n) is 12.1. The minimum Gasteiger partial charge on any atom is -0.490 e. The first-order valence-electron chi connectivity index (χ1n) is 6.43. The van der Waals surface area contributed by atoms with Gasteiger partial charge in [0, 0.05) is 45.3 Å². The fourth-order valence-electron chi connectivity index (χ4n) is 1.96. The van der Waals surface area contributed by atoms with Crippen LogP contribution in [-0.2, 0) is 39.3 Å². The van der Waals surface area contributed by atoms with Crippen LogP contribution in [-0.4, -0.2) is 11.2 Å². The van der Waals surface area contributed by atoms with Crippen molar-refractivity contribution in [2.45, 2.75) is 13.5 Å². The summed E-state index contributed by atoms with van der Waals surface area (Å²) in [5, 5.41) is 0. The van der Waals surface area contributed by atoms with E-state index in [1.54, 1.807) is 24.3 Å². The molecule has 3 nitrogen and oxygen atoms in total. The smallest absolute Gasteiger partial charge is 0.207 e. The van der Waals surface area contributed by atoms with E-state index in [4.69, 9.17) is 4.74 Å². The summed E-state index contributed by atoms with van der Waals surface area (Å²) in [6.07, 6.45) is 1.59. The number of pyridine rings is 1. The molecular weight excluding hydrogens is 473 g/mol. The van der Waals surface area contributed by atoms with E-state index in [-0.39, 0.29) is 38.3 Å². The van der Waals surface area contributed by atoms with Crippen LogP contribution in [0, 0.1) is 15.5 Å². The van der Waals surface area contributed by atoms with E-state index in [0.29, 0.717) is 33.7 Å². The number of benzene rings is 1. The van der Waals surface area contributed by atoms with E-state index in [9.17, 15) is 9.18 Å². The van der Waals surface area contributed by atoms with Gasteiger partial charge in [0.1, 0.15) is 12.4 Å². The molecule has 0 N–H and O–H groups in total. The summed E-state index contributed by atoms with van der Waals surface area (Å²) < 4.78 is 21.6. The van der Waals surface area contributed by atoms with Gasteiger partial charge in [0.25, 0.3) is 0 Å². The van der Waals surface area contributed by atoms with Crippen LogP contribution in [0.15, 0.2) is 41.7 Å². The molecule has 0 bridgehead atoms. The molecule has 0 saturated heterocycles. The van der Waals surface area contributed by atoms with Gasteiger partial charge in [-0.05, 0) is 16.6 Å². The van der Waals surface area contributed by atoms with Gasteiger partial charge in [-0.1, -0.05) is 23.9 Å². The Bertz CT molecular complexity index is 731. The van der Waals surface area contributed by atoms with Crippen molar-refractivity contribution in [3.05, 3.63) is 62.7 Å². The number of rotatable bonds is 5. The molecule has 22 heavy (non-hydrogen) atoms. The van der Waals surface area contributed by atoms with Gasteiger partial charge in [0.15, 0.2) is 0 Å². The summed E-state index contributed by atoms with van der Waals surface area (Å²) in [5.41, 5.74) is 0.630. The van der Waals surface area contributed by atoms with Crippen molar-refractivity contribution >= 4 is 22.6 Å². The van der Waals surface area contributed by atoms with Crippen molar-refractivity contribution in [2.75, 3.05) is 6.61 Å². The Labute approximate surface area is 167 Å². The molecule has 1 aromatic heterocycles. The molecule has 1 aromatic carbocycles. The summed E-state index contributed by atoms with van der Waals surface area (Å²) in [7, 11) is 0. The van der Waals surface area contributed by atoms with Crippen LogP contribution in [0.2, 0.25) is 0 Å². The average molecular weight is 487 g/mol. The normalized spacial score (nSPS) is 9.95. The van der Waals surface area contributed by atoms with Crippen LogP contribution >= 0.6 is 22.6 Å². The van der Waals surface area contributed by atoms with Crippen LogP contribution in [0.3, 0.4) is 0 Å². The Morgan fingerprint density at radius 1 is 1.50 bits per heavy atom. The molecule has 0 atom stereocenters. The van der Waals surface area contributed by atoms with Crippen LogP contribution in [0.4, 0.5) is 4.39 Å². The predicted molar refractivity (Wildman–Crippen MR) is 89.0 cm³/mol. The Morgan fingerprint density at radius 2 is 2.23 bits per heavy atom. The van der Waals surface area contributed by atoms with Crippen LogP contribution in [0.25, 0.3) is 11.3 Å². The Kier molecular flexibility index (Phi) is 7.93. The average Bonchev–Trinajstić information content (AvgIpc) is 2.48. The van der Waals surface area contributed by atoms with Gasteiger partial charge in [-0.15, -0.1) is 28.7 Å². The molecule has 0 aliphatic rings. The molecule has 2 rings (SSSR count). The second-order valence-electron chi connectivity index (χ2n) is 4.28. The molecule has 0 aliphatic carbocycles. The van der Waals surface area contributed by atoms with Crippen molar-refractivity contribution in [3.8, 4) is 17.0 Å². The van der Waals surface area contributed by atoms with Crippen LogP contribution in [0.1, 0.15) is 6.92 Å². The number of hydrogen-bond acceptors (Lipinski definition) is 2. The summed E-state index contributed by atoms with van der Waals surface area (Å²) in [6, 6.07) is 9.11. The van der Waals surface area contributed by atoms with Crippen molar-refractivity contribution in [3.63, 3.8) is 0 Å². The zero-order valence-corrected chi connectivity index (χ0v) is 17.1. The molecular formula is C16H14FINO2Y-. The van der Waals surface area contributed by atoms with Crippen molar-refractivity contribution < 1.29 is 41.8 Å². The monoisotopic (exact) mass is 487 g/mol. The van der Waals surface area contributed by atoms with E-state index in [2.05, 4.69) is 12.6 Å². The Balaban J connectivity index is 0.00000242. The van der Waals surface area contributed by atoms with E-state index < -0.39 is 5.82 Å². The molecule has 2 aromatic rings. The van der Waals surface area contributed by atoms with E-state index >= 15 is 0 Å². The van der Waals surface area contributed by atoms with Crippen molar-refractivity contribution in [2.24, 2.45) is 0 Å². The second-order valence-corrected chi connectivity index (χ2v) is 5.44. The van der Waals surface area contributed by atoms with E-state index in [0.717, 1.165) is 0 Å². The van der Waals surface area contributed by atoms with Gasteiger partial charge >= 0.3 is 0 Å². The fourth-order valence-corrected chi connectivity index (χ4v) is 2.41. The molecule has 0 unspecified atom stereocenters. The van der Waals surface area contributed by atoms with Gasteiger partial charge in [-0.2, -0.15) is 12.1 Å². The Hall–Kier alpha value is -0.526. The minimum absolute atomic E-state index is 0. The van der Waals surface area contributed by atoms with Crippen LogP contribution in [0.5, 0.6) is 5.75 Å². The maximum Gasteiger partial charge on any atom is 0.207 e. The first-order chi connectivity index (χ1) is 10.1. The topological polar surface area (TPSA) is 31.2 Å². The standard InChI is InChI=1S/C16H14FINO2.Y/c1-3-9-21-11-5-6-12(13(17)10-11)15-8-7-14(18)16(20)19(15)4-2;/h3,5-7,10H,1,4,9H2,2H3;/q-1;. The molecule has 0 saturated carbocycles. The third kappa shape index (κ3) is 4.27. The number of nitrogens with zero attached hydrogens (tertiary/aromatic N) is 1. The first kappa shape index (κ1) is 19.5. The Morgan fingerprint density at radius 3 is 2.82 bits per heavy atom. The van der Waals surface area contributed by atoms with Gasteiger partial charge in [-0.3, -0.25) is 4.79 Å². The third-order valence-corrected chi connectivity index (χ3v) is 3.71. The molecule has 0 fully saturated rings. The van der Waals surface area contributed by atoms with Crippen LogP contribution < -0.4 is 10.3 Å². The number of hydrogen-bond donors (Lipinski definition) is 0. The third-order valence-electron chi connectivity index (χ3n) is 2.93. The molecule has 1 heterocycles. The van der Waals surface area contributed by atoms with Crippen molar-refractivity contribution in [1.29, 1.82) is 0 Å². The molecule has 0 amide bonds. The largest absolute Gasteiger partial charge is 0.490 e. The van der Waals surface area contributed by atoms with Gasteiger partial charge in [0.2, 0.25) is 5.56 Å². The van der Waals surface area contributed by atoms with Gasteiger partial charge < -0.3 is 9.30 Å². The molecule has 1 radical (unpaired) electrons. The maximum atomic E-state index is 14.3. The van der Waals surface area contributed by atoms with Gasteiger partial charge in [-0.25, -0.2) is 4.39 Å². The minimum atomic E-state index is -0.448. The SMILES string of the molecule is C=CCOc1ccc(-c2[c-]cc(I)c(=O)n2CC)c(F)c1.[Y]. The molecule has 6 heteroatoms. The van der Waals surface area contributed by atoms with Gasteiger partial charge in [0.05, 0.1) is 5.82 Å².